The van der Waals surface area contributed by atoms with Gasteiger partial charge in [0.15, 0.2) is 5.75 Å². The minimum absolute atomic E-state index is 0.188. The van der Waals surface area contributed by atoms with E-state index in [1.54, 1.807) is 6.07 Å². The monoisotopic (exact) mass is 212 g/mol. The minimum atomic E-state index is 0.188. The summed E-state index contributed by atoms with van der Waals surface area (Å²) < 4.78 is 5.99. The Balaban J connectivity index is 2.86. The maximum Gasteiger partial charge on any atom is 0.161 e. The van der Waals surface area contributed by atoms with Gasteiger partial charge < -0.3 is 9.52 Å². The lowest BCUT2D eigenvalue weighted by molar-refractivity contribution is 0.464. The molecule has 0 fully saturated rings. The molecule has 2 rings (SSSR count). The molecule has 0 spiro atoms. The zero-order chi connectivity index (χ0) is 7.84. The first kappa shape index (κ1) is 6.73. The van der Waals surface area contributed by atoms with Gasteiger partial charge in [0.1, 0.15) is 11.8 Å². The lowest BCUT2D eigenvalue weighted by Crippen LogP contribution is -1.64. The molecule has 0 saturated carbocycles. The summed E-state index contributed by atoms with van der Waals surface area (Å²) in [6.07, 6.45) is 1.33. The Morgan fingerprint density at radius 1 is 1.36 bits per heavy atom. The Hall–Kier alpha value is -0.960. The highest BCUT2D eigenvalue weighted by Gasteiger charge is 2.02. The molecule has 0 aliphatic carbocycles. The van der Waals surface area contributed by atoms with E-state index in [0.29, 0.717) is 5.58 Å². The summed E-state index contributed by atoms with van der Waals surface area (Å²) in [5.41, 5.74) is 0.692. The van der Waals surface area contributed by atoms with Crippen molar-refractivity contribution >= 4 is 26.9 Å². The van der Waals surface area contributed by atoms with E-state index in [0.717, 1.165) is 9.86 Å². The lowest BCUT2D eigenvalue weighted by atomic mass is 10.2. The van der Waals surface area contributed by atoms with E-state index in [1.807, 2.05) is 12.1 Å². The smallest absolute Gasteiger partial charge is 0.161 e. The van der Waals surface area contributed by atoms with Gasteiger partial charge in [0, 0.05) is 4.47 Å². The van der Waals surface area contributed by atoms with Gasteiger partial charge in [-0.15, -0.1) is 0 Å². The molecule has 2 aromatic rings. The second kappa shape index (κ2) is 2.27. The molecule has 0 bridgehead atoms. The average Bonchev–Trinajstić information content (AvgIpc) is 2.32. The van der Waals surface area contributed by atoms with E-state index < -0.39 is 0 Å². The van der Waals surface area contributed by atoms with Crippen LogP contribution < -0.4 is 0 Å². The Morgan fingerprint density at radius 3 is 3.00 bits per heavy atom. The molecule has 56 valence electrons. The first-order valence-corrected chi connectivity index (χ1v) is 3.92. The van der Waals surface area contributed by atoms with Gasteiger partial charge >= 0.3 is 0 Å². The van der Waals surface area contributed by atoms with Crippen LogP contribution in [0.25, 0.3) is 11.0 Å². The lowest BCUT2D eigenvalue weighted by Gasteiger charge is -1.88. The topological polar surface area (TPSA) is 33.4 Å². The van der Waals surface area contributed by atoms with Crippen LogP contribution in [0.1, 0.15) is 0 Å². The van der Waals surface area contributed by atoms with Crippen molar-refractivity contribution in [3.05, 3.63) is 28.9 Å². The van der Waals surface area contributed by atoms with Crippen LogP contribution in [0.5, 0.6) is 5.75 Å². The molecule has 0 aliphatic rings. The van der Waals surface area contributed by atoms with Crippen LogP contribution in [0.3, 0.4) is 0 Å². The summed E-state index contributed by atoms with van der Waals surface area (Å²) in [5, 5.41) is 9.94. The molecule has 0 amide bonds. The van der Waals surface area contributed by atoms with Gasteiger partial charge in [0.25, 0.3) is 0 Å². The fourth-order valence-corrected chi connectivity index (χ4v) is 1.33. The molecule has 1 aromatic heterocycles. The number of rotatable bonds is 0. The van der Waals surface area contributed by atoms with Crippen molar-refractivity contribution in [1.82, 2.24) is 0 Å². The standard InChI is InChI=1S/C8H5BrO2/c9-5-1-2-6-7(10)4-11-8(6)3-5/h1-4,10H. The van der Waals surface area contributed by atoms with Crippen molar-refractivity contribution in [2.75, 3.05) is 0 Å². The van der Waals surface area contributed by atoms with Gasteiger partial charge in [-0.25, -0.2) is 0 Å². The van der Waals surface area contributed by atoms with Crippen molar-refractivity contribution in [2.45, 2.75) is 0 Å². The van der Waals surface area contributed by atoms with E-state index in [1.165, 1.54) is 6.26 Å². The molecular formula is C8H5BrO2. The number of fused-ring (bicyclic) bond motifs is 1. The Morgan fingerprint density at radius 2 is 2.18 bits per heavy atom. The molecule has 0 unspecified atom stereocenters. The summed E-state index contributed by atoms with van der Waals surface area (Å²) in [6, 6.07) is 5.48. The molecule has 0 radical (unpaired) electrons. The maximum absolute atomic E-state index is 9.19. The second-order valence-electron chi connectivity index (χ2n) is 2.26. The molecule has 0 aliphatic heterocycles. The fourth-order valence-electron chi connectivity index (χ4n) is 0.988. The third-order valence-corrected chi connectivity index (χ3v) is 2.01. The highest BCUT2D eigenvalue weighted by molar-refractivity contribution is 9.10. The first-order chi connectivity index (χ1) is 5.27. The molecule has 11 heavy (non-hydrogen) atoms. The van der Waals surface area contributed by atoms with Crippen LogP contribution in [0.2, 0.25) is 0 Å². The predicted molar refractivity (Wildman–Crippen MR) is 45.6 cm³/mol. The number of furan rings is 1. The summed E-state index contributed by atoms with van der Waals surface area (Å²) in [6.45, 7) is 0. The van der Waals surface area contributed by atoms with Crippen LogP contribution in [-0.2, 0) is 0 Å². The fraction of sp³-hybridized carbons (Fsp3) is 0. The third-order valence-electron chi connectivity index (χ3n) is 1.52. The van der Waals surface area contributed by atoms with Crippen molar-refractivity contribution in [2.24, 2.45) is 0 Å². The summed E-state index contributed by atoms with van der Waals surface area (Å²) in [7, 11) is 0. The molecule has 1 N–H and O–H groups in total. The van der Waals surface area contributed by atoms with Crippen LogP contribution in [-0.4, -0.2) is 5.11 Å². The third kappa shape index (κ3) is 1.01. The average molecular weight is 213 g/mol. The predicted octanol–water partition coefficient (Wildman–Crippen LogP) is 2.90. The van der Waals surface area contributed by atoms with Crippen LogP contribution in [0, 0.1) is 0 Å². The number of halogens is 1. The highest BCUT2D eigenvalue weighted by Crippen LogP contribution is 2.28. The van der Waals surface area contributed by atoms with Crippen molar-refractivity contribution in [1.29, 1.82) is 0 Å². The van der Waals surface area contributed by atoms with E-state index in [4.69, 9.17) is 4.42 Å². The molecule has 1 heterocycles. The maximum atomic E-state index is 9.19. The van der Waals surface area contributed by atoms with E-state index in [2.05, 4.69) is 15.9 Å². The van der Waals surface area contributed by atoms with E-state index in [-0.39, 0.29) is 5.75 Å². The van der Waals surface area contributed by atoms with Gasteiger partial charge in [-0.3, -0.25) is 0 Å². The molecule has 1 aromatic carbocycles. The summed E-state index contributed by atoms with van der Waals surface area (Å²) in [5.74, 6) is 0.188. The van der Waals surface area contributed by atoms with E-state index in [9.17, 15) is 5.11 Å². The van der Waals surface area contributed by atoms with Gasteiger partial charge in [-0.2, -0.15) is 0 Å². The van der Waals surface area contributed by atoms with E-state index >= 15 is 0 Å². The largest absolute Gasteiger partial charge is 0.504 e. The summed E-state index contributed by atoms with van der Waals surface area (Å²) >= 11 is 3.30. The minimum Gasteiger partial charge on any atom is -0.504 e. The molecule has 3 heteroatoms. The molecule has 2 nitrogen and oxygen atoms in total. The van der Waals surface area contributed by atoms with Gasteiger partial charge in [-0.1, -0.05) is 15.9 Å². The number of aromatic hydroxyl groups is 1. The van der Waals surface area contributed by atoms with Crippen LogP contribution in [0.15, 0.2) is 33.4 Å². The Labute approximate surface area is 71.6 Å². The Kier molecular flexibility index (Phi) is 1.39. The van der Waals surface area contributed by atoms with Crippen molar-refractivity contribution < 1.29 is 9.52 Å². The number of hydrogen-bond donors (Lipinski definition) is 1. The molecule has 0 atom stereocenters. The van der Waals surface area contributed by atoms with Crippen molar-refractivity contribution in [3.63, 3.8) is 0 Å². The zero-order valence-corrected chi connectivity index (χ0v) is 7.13. The summed E-state index contributed by atoms with van der Waals surface area (Å²) in [4.78, 5) is 0. The molecular weight excluding hydrogens is 208 g/mol. The van der Waals surface area contributed by atoms with Gasteiger partial charge in [0.2, 0.25) is 0 Å². The SMILES string of the molecule is Oc1coc2cc(Br)ccc12. The number of hydrogen-bond acceptors (Lipinski definition) is 2. The van der Waals surface area contributed by atoms with Crippen molar-refractivity contribution in [3.8, 4) is 5.75 Å². The normalized spacial score (nSPS) is 10.6. The second-order valence-corrected chi connectivity index (χ2v) is 3.18. The Bertz CT molecular complexity index is 392. The van der Waals surface area contributed by atoms with Gasteiger partial charge in [0.05, 0.1) is 5.39 Å². The molecule has 0 saturated heterocycles. The van der Waals surface area contributed by atoms with Crippen LogP contribution >= 0.6 is 15.9 Å². The quantitative estimate of drug-likeness (QED) is 0.729. The van der Waals surface area contributed by atoms with Gasteiger partial charge in [-0.05, 0) is 18.2 Å². The number of benzene rings is 1. The zero-order valence-electron chi connectivity index (χ0n) is 5.54. The van der Waals surface area contributed by atoms with Crippen LogP contribution in [0.4, 0.5) is 0 Å². The first-order valence-electron chi connectivity index (χ1n) is 3.13. The highest BCUT2D eigenvalue weighted by atomic mass is 79.9.